The van der Waals surface area contributed by atoms with E-state index >= 15 is 0 Å². The highest BCUT2D eigenvalue weighted by Crippen LogP contribution is 2.20. The molecule has 0 aromatic heterocycles. The summed E-state index contributed by atoms with van der Waals surface area (Å²) in [6.45, 7) is 0. The molecule has 1 N–H and O–H groups in total. The van der Waals surface area contributed by atoms with Crippen LogP contribution in [-0.2, 0) is 0 Å². The Hall–Kier alpha value is -1.61. The van der Waals surface area contributed by atoms with Gasteiger partial charge in [0, 0.05) is 11.3 Å². The molecule has 0 radical (unpaired) electrons. The standard InChI is InChI=1S/C11H8ClNO2/c12-6-9(14)10-7-4-2-1-3-5-8(7)13-11(10)15/h1-5H,6H2,(H,13,15). The van der Waals surface area contributed by atoms with Gasteiger partial charge in [0.2, 0.25) is 0 Å². The van der Waals surface area contributed by atoms with Crippen LogP contribution in [0.2, 0.25) is 0 Å². The molecule has 0 bridgehead atoms. The molecule has 0 unspecified atom stereocenters. The topological polar surface area (TPSA) is 49.9 Å². The van der Waals surface area contributed by atoms with Crippen molar-refractivity contribution in [1.82, 2.24) is 4.98 Å². The molecule has 0 aromatic rings. The van der Waals surface area contributed by atoms with Crippen molar-refractivity contribution in [3.05, 3.63) is 46.2 Å². The van der Waals surface area contributed by atoms with Gasteiger partial charge in [-0.05, 0) is 6.07 Å². The summed E-state index contributed by atoms with van der Waals surface area (Å²) >= 11 is 5.45. The van der Waals surface area contributed by atoms with Crippen LogP contribution in [0.15, 0.2) is 35.1 Å². The maximum absolute atomic E-state index is 11.5. The molecular formula is C11H8ClNO2. The number of fused-ring (bicyclic) bond motifs is 1. The predicted octanol–water partition coefficient (Wildman–Crippen LogP) is 1.90. The Morgan fingerprint density at radius 3 is 2.73 bits per heavy atom. The highest BCUT2D eigenvalue weighted by molar-refractivity contribution is 6.31. The minimum Gasteiger partial charge on any atom is -0.321 e. The van der Waals surface area contributed by atoms with Gasteiger partial charge in [0.25, 0.3) is 5.56 Å². The number of halogens is 1. The normalized spacial score (nSPS) is 10.5. The molecular weight excluding hydrogens is 214 g/mol. The molecule has 1 aliphatic carbocycles. The number of H-pyrrole nitrogens is 1. The largest absolute Gasteiger partial charge is 0.321 e. The van der Waals surface area contributed by atoms with E-state index in [-0.39, 0.29) is 22.8 Å². The first-order valence-electron chi connectivity index (χ1n) is 4.44. The molecule has 15 heavy (non-hydrogen) atoms. The fourth-order valence-corrected chi connectivity index (χ4v) is 1.66. The summed E-state index contributed by atoms with van der Waals surface area (Å²) in [5.74, 6) is -0.528. The van der Waals surface area contributed by atoms with Crippen molar-refractivity contribution < 1.29 is 4.79 Å². The van der Waals surface area contributed by atoms with Crippen molar-refractivity contribution in [1.29, 1.82) is 0 Å². The third kappa shape index (κ3) is 1.66. The molecule has 0 spiro atoms. The molecule has 2 aliphatic rings. The molecule has 1 heterocycles. The van der Waals surface area contributed by atoms with Gasteiger partial charge in [-0.2, -0.15) is 0 Å². The highest BCUT2D eigenvalue weighted by atomic mass is 35.5. The molecule has 0 aromatic carbocycles. The average Bonchev–Trinajstić information content (AvgIpc) is 2.40. The molecule has 2 rings (SSSR count). The smallest absolute Gasteiger partial charge is 0.260 e. The number of alkyl halides is 1. The first kappa shape index (κ1) is 9.93. The number of hydrogen-bond donors (Lipinski definition) is 1. The highest BCUT2D eigenvalue weighted by Gasteiger charge is 2.19. The number of aromatic nitrogens is 1. The van der Waals surface area contributed by atoms with Crippen molar-refractivity contribution in [2.75, 3.05) is 5.88 Å². The lowest BCUT2D eigenvalue weighted by Crippen LogP contribution is -2.13. The van der Waals surface area contributed by atoms with E-state index in [4.69, 9.17) is 11.6 Å². The summed E-state index contributed by atoms with van der Waals surface area (Å²) in [7, 11) is 0. The zero-order valence-electron chi connectivity index (χ0n) is 7.79. The van der Waals surface area contributed by atoms with Crippen LogP contribution in [0.4, 0.5) is 0 Å². The minimum atomic E-state index is -0.373. The van der Waals surface area contributed by atoms with E-state index in [1.165, 1.54) is 0 Å². The van der Waals surface area contributed by atoms with E-state index in [9.17, 15) is 9.59 Å². The Balaban J connectivity index is 2.74. The molecule has 3 nitrogen and oxygen atoms in total. The van der Waals surface area contributed by atoms with Gasteiger partial charge in [-0.1, -0.05) is 24.3 Å². The molecule has 0 saturated carbocycles. The van der Waals surface area contributed by atoms with Crippen LogP contribution in [0.25, 0.3) is 11.3 Å². The Bertz CT molecular complexity index is 533. The SMILES string of the molecule is O=C(CCl)c1c2cccccc-2[nH]c1=O. The summed E-state index contributed by atoms with van der Waals surface area (Å²) in [6, 6.07) is 8.88. The second-order valence-corrected chi connectivity index (χ2v) is 3.39. The number of aromatic amines is 1. The Labute approximate surface area is 91.0 Å². The summed E-state index contributed by atoms with van der Waals surface area (Å²) in [4.78, 5) is 25.6. The fraction of sp³-hybridized carbons (Fsp3) is 0.0909. The number of ketones is 1. The van der Waals surface area contributed by atoms with Gasteiger partial charge in [0.15, 0.2) is 5.78 Å². The molecule has 4 heteroatoms. The van der Waals surface area contributed by atoms with Gasteiger partial charge in [0.1, 0.15) is 0 Å². The fourth-order valence-electron chi connectivity index (χ4n) is 1.53. The lowest BCUT2D eigenvalue weighted by atomic mass is 10.1. The summed E-state index contributed by atoms with van der Waals surface area (Å²) < 4.78 is 0. The van der Waals surface area contributed by atoms with Crippen LogP contribution in [0.5, 0.6) is 0 Å². The van der Waals surface area contributed by atoms with Crippen molar-refractivity contribution in [2.45, 2.75) is 0 Å². The third-order valence-corrected chi connectivity index (χ3v) is 2.43. The maximum Gasteiger partial charge on any atom is 0.260 e. The van der Waals surface area contributed by atoms with Gasteiger partial charge in [-0.3, -0.25) is 9.59 Å². The Kier molecular flexibility index (Phi) is 2.56. The monoisotopic (exact) mass is 221 g/mol. The second-order valence-electron chi connectivity index (χ2n) is 3.12. The number of carbonyl (C=O) groups excluding carboxylic acids is 1. The van der Waals surface area contributed by atoms with Gasteiger partial charge in [-0.15, -0.1) is 11.6 Å². The van der Waals surface area contributed by atoms with Crippen molar-refractivity contribution in [3.8, 4) is 11.3 Å². The van der Waals surface area contributed by atoms with E-state index < -0.39 is 0 Å². The van der Waals surface area contributed by atoms with Crippen LogP contribution >= 0.6 is 11.6 Å². The van der Waals surface area contributed by atoms with Crippen LogP contribution < -0.4 is 5.56 Å². The Morgan fingerprint density at radius 1 is 1.27 bits per heavy atom. The van der Waals surface area contributed by atoms with Gasteiger partial charge in [0.05, 0.1) is 11.4 Å². The first-order chi connectivity index (χ1) is 7.24. The van der Waals surface area contributed by atoms with E-state index in [0.717, 1.165) is 0 Å². The second kappa shape index (κ2) is 3.87. The molecule has 1 aliphatic heterocycles. The molecule has 0 amide bonds. The van der Waals surface area contributed by atoms with E-state index in [2.05, 4.69) is 4.98 Å². The quantitative estimate of drug-likeness (QED) is 0.622. The summed E-state index contributed by atoms with van der Waals surface area (Å²) in [6.07, 6.45) is 0. The number of Topliss-reactive ketones (excluding diaryl/α,β-unsaturated/α-hetero) is 1. The number of nitrogens with one attached hydrogen (secondary N) is 1. The van der Waals surface area contributed by atoms with Gasteiger partial charge >= 0.3 is 0 Å². The van der Waals surface area contributed by atoms with Gasteiger partial charge < -0.3 is 4.98 Å². The van der Waals surface area contributed by atoms with Crippen molar-refractivity contribution >= 4 is 17.4 Å². The molecule has 0 fully saturated rings. The van der Waals surface area contributed by atoms with Crippen LogP contribution in [0.3, 0.4) is 0 Å². The molecule has 76 valence electrons. The molecule has 0 atom stereocenters. The summed E-state index contributed by atoms with van der Waals surface area (Å²) in [5, 5.41) is 0. The van der Waals surface area contributed by atoms with Crippen LogP contribution in [0, 0.1) is 0 Å². The first-order valence-corrected chi connectivity index (χ1v) is 4.97. The van der Waals surface area contributed by atoms with E-state index in [1.807, 2.05) is 6.07 Å². The number of hydrogen-bond acceptors (Lipinski definition) is 2. The number of carbonyl (C=O) groups is 1. The predicted molar refractivity (Wildman–Crippen MR) is 58.7 cm³/mol. The minimum absolute atomic E-state index is 0.149. The summed E-state index contributed by atoms with van der Waals surface area (Å²) in [5.41, 5.74) is 1.05. The van der Waals surface area contributed by atoms with Crippen LogP contribution in [0.1, 0.15) is 10.4 Å². The van der Waals surface area contributed by atoms with E-state index in [0.29, 0.717) is 11.3 Å². The maximum atomic E-state index is 11.5. The average molecular weight is 222 g/mol. The zero-order valence-corrected chi connectivity index (χ0v) is 8.54. The lowest BCUT2D eigenvalue weighted by Gasteiger charge is -1.94. The number of rotatable bonds is 2. The van der Waals surface area contributed by atoms with Crippen molar-refractivity contribution in [3.63, 3.8) is 0 Å². The molecule has 0 saturated heterocycles. The zero-order chi connectivity index (χ0) is 10.8. The lowest BCUT2D eigenvalue weighted by molar-refractivity contribution is 0.102. The van der Waals surface area contributed by atoms with E-state index in [1.54, 1.807) is 24.3 Å². The van der Waals surface area contributed by atoms with Crippen molar-refractivity contribution in [2.24, 2.45) is 0 Å². The Morgan fingerprint density at radius 2 is 2.00 bits per heavy atom. The third-order valence-electron chi connectivity index (χ3n) is 2.18. The van der Waals surface area contributed by atoms with Gasteiger partial charge in [-0.25, -0.2) is 0 Å². The van der Waals surface area contributed by atoms with Crippen LogP contribution in [-0.4, -0.2) is 16.6 Å².